The minimum absolute atomic E-state index is 0.0260. The molecule has 3 rings (SSSR count). The second kappa shape index (κ2) is 5.19. The van der Waals surface area contributed by atoms with Crippen molar-refractivity contribution in [3.05, 3.63) is 62.5 Å². The lowest BCUT2D eigenvalue weighted by Crippen LogP contribution is -2.20. The molecule has 0 bridgehead atoms. The highest BCUT2D eigenvalue weighted by Gasteiger charge is 2.29. The molecule has 2 aromatic carbocycles. The minimum Gasteiger partial charge on any atom is -0.311 e. The highest BCUT2D eigenvalue weighted by Crippen LogP contribution is 2.38. The average molecular weight is 393 g/mol. The number of nitrogens with zero attached hydrogens (tertiary/aromatic N) is 1. The predicted molar refractivity (Wildman–Crippen MR) is 89.6 cm³/mol. The van der Waals surface area contributed by atoms with Gasteiger partial charge in [-0.25, -0.2) is 0 Å². The molecule has 4 heteroatoms. The van der Waals surface area contributed by atoms with Gasteiger partial charge in [-0.3, -0.25) is 4.79 Å². The van der Waals surface area contributed by atoms with Crippen LogP contribution in [0.3, 0.4) is 0 Å². The van der Waals surface area contributed by atoms with Crippen LogP contribution in [0.15, 0.2) is 51.4 Å². The lowest BCUT2D eigenvalue weighted by atomic mass is 10.0. The second-order valence-corrected chi connectivity index (χ2v) is 6.47. The van der Waals surface area contributed by atoms with Crippen LogP contribution in [0.25, 0.3) is 11.6 Å². The molecule has 1 aliphatic rings. The Bertz CT molecular complexity index is 737. The van der Waals surface area contributed by atoms with Crippen LogP contribution in [-0.4, -0.2) is 13.0 Å². The van der Waals surface area contributed by atoms with E-state index in [1.54, 1.807) is 11.9 Å². The van der Waals surface area contributed by atoms with Gasteiger partial charge in [-0.15, -0.1) is 0 Å². The third-order valence-corrected chi connectivity index (χ3v) is 4.29. The van der Waals surface area contributed by atoms with Crippen molar-refractivity contribution >= 4 is 55.1 Å². The monoisotopic (exact) mass is 391 g/mol. The second-order valence-electron chi connectivity index (χ2n) is 4.64. The van der Waals surface area contributed by atoms with Crippen molar-refractivity contribution in [1.82, 2.24) is 0 Å². The number of carbonyl (C=O) groups excluding carboxylic acids is 1. The maximum absolute atomic E-state index is 12.4. The van der Waals surface area contributed by atoms with Gasteiger partial charge < -0.3 is 4.90 Å². The van der Waals surface area contributed by atoms with Crippen LogP contribution in [0.5, 0.6) is 0 Å². The molecule has 0 aliphatic carbocycles. The molecule has 0 radical (unpaired) electrons. The average Bonchev–Trinajstić information content (AvgIpc) is 2.64. The summed E-state index contributed by atoms with van der Waals surface area (Å²) in [4.78, 5) is 14.1. The van der Waals surface area contributed by atoms with Crippen molar-refractivity contribution in [2.75, 3.05) is 11.9 Å². The van der Waals surface area contributed by atoms with Crippen LogP contribution in [-0.2, 0) is 4.79 Å². The summed E-state index contributed by atoms with van der Waals surface area (Å²) in [5, 5.41) is 0. The Morgan fingerprint density at radius 2 is 1.80 bits per heavy atom. The fourth-order valence-electron chi connectivity index (χ4n) is 2.32. The highest BCUT2D eigenvalue weighted by atomic mass is 79.9. The van der Waals surface area contributed by atoms with E-state index >= 15 is 0 Å². The fraction of sp³-hybridized carbons (Fsp3) is 0.0625. The van der Waals surface area contributed by atoms with Crippen LogP contribution in [0.1, 0.15) is 11.1 Å². The first kappa shape index (κ1) is 13.6. The third-order valence-electron chi connectivity index (χ3n) is 3.30. The topological polar surface area (TPSA) is 20.3 Å². The maximum Gasteiger partial charge on any atom is 0.258 e. The maximum atomic E-state index is 12.4. The molecule has 0 N–H and O–H groups in total. The summed E-state index contributed by atoms with van der Waals surface area (Å²) >= 11 is 6.91. The Kier molecular flexibility index (Phi) is 3.52. The molecular weight excluding hydrogens is 382 g/mol. The summed E-state index contributed by atoms with van der Waals surface area (Å²) in [6.07, 6.45) is 1.93. The Morgan fingerprint density at radius 3 is 2.55 bits per heavy atom. The number of amides is 1. The first-order valence-corrected chi connectivity index (χ1v) is 7.70. The molecule has 0 aromatic heterocycles. The molecule has 1 heterocycles. The molecule has 0 saturated carbocycles. The van der Waals surface area contributed by atoms with Gasteiger partial charge in [-0.05, 0) is 42.0 Å². The number of anilines is 1. The van der Waals surface area contributed by atoms with Gasteiger partial charge in [-0.1, -0.05) is 44.0 Å². The van der Waals surface area contributed by atoms with Crippen LogP contribution in [0.2, 0.25) is 0 Å². The molecule has 0 unspecified atom stereocenters. The van der Waals surface area contributed by atoms with E-state index in [1.165, 1.54) is 0 Å². The first-order valence-electron chi connectivity index (χ1n) is 6.11. The van der Waals surface area contributed by atoms with Crippen molar-refractivity contribution in [2.24, 2.45) is 0 Å². The SMILES string of the molecule is CN1C(=O)/C(=C\c2cccc(Br)c2)c2cc(Br)ccc21. The van der Waals surface area contributed by atoms with Crippen molar-refractivity contribution in [3.63, 3.8) is 0 Å². The number of carbonyl (C=O) groups is 1. The van der Waals surface area contributed by atoms with Gasteiger partial charge in [0.05, 0.1) is 5.69 Å². The summed E-state index contributed by atoms with van der Waals surface area (Å²) in [6.45, 7) is 0. The Balaban J connectivity index is 2.15. The molecule has 0 atom stereocenters. The van der Waals surface area contributed by atoms with Crippen molar-refractivity contribution in [1.29, 1.82) is 0 Å². The van der Waals surface area contributed by atoms with Gasteiger partial charge >= 0.3 is 0 Å². The highest BCUT2D eigenvalue weighted by molar-refractivity contribution is 9.10. The van der Waals surface area contributed by atoms with Crippen molar-refractivity contribution in [2.45, 2.75) is 0 Å². The van der Waals surface area contributed by atoms with Crippen LogP contribution < -0.4 is 4.90 Å². The van der Waals surface area contributed by atoms with Gasteiger partial charge in [0.25, 0.3) is 5.91 Å². The van der Waals surface area contributed by atoms with Crippen LogP contribution in [0.4, 0.5) is 5.69 Å². The molecule has 1 amide bonds. The molecule has 100 valence electrons. The Labute approximate surface area is 134 Å². The van der Waals surface area contributed by atoms with Gasteiger partial charge in [0, 0.05) is 27.1 Å². The fourth-order valence-corrected chi connectivity index (χ4v) is 3.10. The Hall–Kier alpha value is -1.39. The normalized spacial score (nSPS) is 15.8. The van der Waals surface area contributed by atoms with E-state index in [2.05, 4.69) is 31.9 Å². The lowest BCUT2D eigenvalue weighted by molar-refractivity contribution is -0.112. The Morgan fingerprint density at radius 1 is 1.05 bits per heavy atom. The molecule has 1 aliphatic heterocycles. The number of hydrogen-bond donors (Lipinski definition) is 0. The summed E-state index contributed by atoms with van der Waals surface area (Å²) in [5.41, 5.74) is 3.64. The summed E-state index contributed by atoms with van der Waals surface area (Å²) in [6, 6.07) is 13.8. The minimum atomic E-state index is 0.0260. The standard InChI is InChI=1S/C16H11Br2NO/c1-19-15-6-5-12(18)9-13(15)14(16(19)20)8-10-3-2-4-11(17)7-10/h2-9H,1H3/b14-8-. The molecule has 20 heavy (non-hydrogen) atoms. The number of likely N-dealkylation sites (N-methyl/N-ethyl adjacent to an activating group) is 1. The first-order chi connectivity index (χ1) is 9.56. The molecular formula is C16H11Br2NO. The number of benzene rings is 2. The predicted octanol–water partition coefficient (Wildman–Crippen LogP) is 4.73. The van der Waals surface area contributed by atoms with E-state index in [9.17, 15) is 4.79 Å². The zero-order chi connectivity index (χ0) is 14.3. The largest absolute Gasteiger partial charge is 0.311 e. The van der Waals surface area contributed by atoms with E-state index in [0.717, 1.165) is 31.3 Å². The number of fused-ring (bicyclic) bond motifs is 1. The van der Waals surface area contributed by atoms with Gasteiger partial charge in [0.1, 0.15) is 0 Å². The van der Waals surface area contributed by atoms with Crippen LogP contribution >= 0.6 is 31.9 Å². The molecule has 0 spiro atoms. The lowest BCUT2D eigenvalue weighted by Gasteiger charge is -2.08. The number of rotatable bonds is 1. The van der Waals surface area contributed by atoms with E-state index in [1.807, 2.05) is 48.5 Å². The molecule has 2 aromatic rings. The zero-order valence-corrected chi connectivity index (χ0v) is 13.9. The molecule has 0 saturated heterocycles. The van der Waals surface area contributed by atoms with Gasteiger partial charge in [0.15, 0.2) is 0 Å². The third kappa shape index (κ3) is 2.34. The van der Waals surface area contributed by atoms with Gasteiger partial charge in [0.2, 0.25) is 0 Å². The van der Waals surface area contributed by atoms with E-state index < -0.39 is 0 Å². The van der Waals surface area contributed by atoms with Gasteiger partial charge in [-0.2, -0.15) is 0 Å². The van der Waals surface area contributed by atoms with Crippen molar-refractivity contribution < 1.29 is 4.79 Å². The molecule has 2 nitrogen and oxygen atoms in total. The van der Waals surface area contributed by atoms with E-state index in [0.29, 0.717) is 0 Å². The quantitative estimate of drug-likeness (QED) is 0.642. The summed E-state index contributed by atoms with van der Waals surface area (Å²) in [7, 11) is 1.80. The summed E-state index contributed by atoms with van der Waals surface area (Å²) < 4.78 is 1.97. The number of halogens is 2. The smallest absolute Gasteiger partial charge is 0.258 e. The van der Waals surface area contributed by atoms with E-state index in [4.69, 9.17) is 0 Å². The molecule has 0 fully saturated rings. The summed E-state index contributed by atoms with van der Waals surface area (Å²) in [5.74, 6) is 0.0260. The van der Waals surface area contributed by atoms with E-state index in [-0.39, 0.29) is 5.91 Å². The van der Waals surface area contributed by atoms with Crippen molar-refractivity contribution in [3.8, 4) is 0 Å². The zero-order valence-electron chi connectivity index (χ0n) is 10.7. The number of hydrogen-bond acceptors (Lipinski definition) is 1. The van der Waals surface area contributed by atoms with Crippen LogP contribution in [0, 0.1) is 0 Å².